The molecule has 2 heteroatoms. The fraction of sp³-hybridized carbons (Fsp3) is 0.538. The molecule has 0 aliphatic rings. The Labute approximate surface area is 95.6 Å². The van der Waals surface area contributed by atoms with E-state index in [1.165, 1.54) is 5.56 Å². The number of hydrogen-bond donors (Lipinski definition) is 0. The van der Waals surface area contributed by atoms with Crippen LogP contribution < -0.4 is 4.35 Å². The minimum atomic E-state index is -2.76. The van der Waals surface area contributed by atoms with Gasteiger partial charge in [-0.1, -0.05) is 0 Å². The molecule has 0 saturated carbocycles. The van der Waals surface area contributed by atoms with Crippen molar-refractivity contribution < 1.29 is 3.74 Å². The summed E-state index contributed by atoms with van der Waals surface area (Å²) in [5.41, 5.74) is 1.24. The van der Waals surface area contributed by atoms with Crippen LogP contribution in [0.5, 0.6) is 0 Å². The van der Waals surface area contributed by atoms with Crippen molar-refractivity contribution in [2.75, 3.05) is 0 Å². The van der Waals surface area contributed by atoms with Crippen LogP contribution in [0, 0.1) is 6.92 Å². The third kappa shape index (κ3) is 3.27. The van der Waals surface area contributed by atoms with Crippen molar-refractivity contribution >= 4 is 17.8 Å². The van der Waals surface area contributed by atoms with E-state index < -0.39 is 13.5 Å². The van der Waals surface area contributed by atoms with E-state index in [-0.39, 0.29) is 0 Å². The molecule has 1 aromatic rings. The summed E-state index contributed by atoms with van der Waals surface area (Å²) in [6.45, 7) is 6.32. The Morgan fingerprint density at radius 3 is 1.87 bits per heavy atom. The van der Waals surface area contributed by atoms with Crippen LogP contribution in [-0.2, 0) is 3.74 Å². The first-order valence-electron chi connectivity index (χ1n) is 5.77. The maximum atomic E-state index is 12.8. The zero-order valence-electron chi connectivity index (χ0n) is 9.99. The Balaban J connectivity index is 2.98. The number of rotatable bonds is 5. The topological polar surface area (TPSA) is 17.1 Å². The molecule has 0 heterocycles. The van der Waals surface area contributed by atoms with Gasteiger partial charge in [-0.3, -0.25) is 0 Å². The van der Waals surface area contributed by atoms with Crippen LogP contribution in [0.25, 0.3) is 0 Å². The molecule has 0 aliphatic carbocycles. The Hall–Kier alpha value is -0.422. The van der Waals surface area contributed by atoms with Gasteiger partial charge in [0.2, 0.25) is 0 Å². The Morgan fingerprint density at radius 1 is 1.00 bits per heavy atom. The zero-order valence-corrected chi connectivity index (χ0v) is 11.9. The fourth-order valence-corrected chi connectivity index (χ4v) is 7.95. The Kier molecular flexibility index (Phi) is 4.73. The normalized spacial score (nSPS) is 11.7. The summed E-state index contributed by atoms with van der Waals surface area (Å²) in [5, 5.41) is 1.82. The second-order valence-corrected chi connectivity index (χ2v) is 10.9. The van der Waals surface area contributed by atoms with E-state index in [4.69, 9.17) is 0 Å². The van der Waals surface area contributed by atoms with Gasteiger partial charge in [0, 0.05) is 0 Å². The van der Waals surface area contributed by atoms with Gasteiger partial charge < -0.3 is 0 Å². The van der Waals surface area contributed by atoms with E-state index in [2.05, 4.69) is 45.0 Å². The predicted molar refractivity (Wildman–Crippen MR) is 67.4 cm³/mol. The molecule has 0 aliphatic heterocycles. The van der Waals surface area contributed by atoms with Crippen LogP contribution in [0.15, 0.2) is 24.3 Å². The van der Waals surface area contributed by atoms with E-state index in [9.17, 15) is 3.74 Å². The molecule has 0 saturated heterocycles. The fourth-order valence-electron chi connectivity index (χ4n) is 1.91. The zero-order chi connectivity index (χ0) is 11.3. The molecule has 0 unspecified atom stereocenters. The van der Waals surface area contributed by atoms with Gasteiger partial charge in [-0.15, -0.1) is 0 Å². The molecule has 0 N–H and O–H groups in total. The van der Waals surface area contributed by atoms with E-state index in [1.54, 1.807) is 0 Å². The number of aryl methyl sites for hydroxylation is 1. The first-order chi connectivity index (χ1) is 7.12. The summed E-state index contributed by atoms with van der Waals surface area (Å²) in [6, 6.07) is 8.30. The van der Waals surface area contributed by atoms with Crippen molar-refractivity contribution in [1.29, 1.82) is 0 Å². The second kappa shape index (κ2) is 5.60. The van der Waals surface area contributed by atoms with Crippen molar-refractivity contribution in [3.63, 3.8) is 0 Å². The summed E-state index contributed by atoms with van der Waals surface area (Å²) in [4.78, 5) is 0. The summed E-state index contributed by atoms with van der Waals surface area (Å²) in [6.07, 6.45) is 2.06. The molecular formula is C13H21AsO. The molecule has 0 atom stereocenters. The van der Waals surface area contributed by atoms with Gasteiger partial charge in [-0.2, -0.15) is 0 Å². The van der Waals surface area contributed by atoms with Crippen molar-refractivity contribution in [1.82, 2.24) is 0 Å². The van der Waals surface area contributed by atoms with Crippen molar-refractivity contribution in [3.05, 3.63) is 29.8 Å². The number of benzene rings is 1. The molecule has 1 rings (SSSR count). The Bertz CT molecular complexity index is 330. The van der Waals surface area contributed by atoms with Crippen LogP contribution in [0.3, 0.4) is 0 Å². The standard InChI is InChI=1S/C13H21AsO/c1-4-10-14(15,11-5-2)13-8-6-12(3)7-9-13/h6-9H,4-5,10-11H2,1-3H3. The average molecular weight is 268 g/mol. The van der Waals surface area contributed by atoms with Crippen molar-refractivity contribution in [2.24, 2.45) is 0 Å². The maximum absolute atomic E-state index is 12.8. The minimum absolute atomic E-state index is 0.912. The van der Waals surface area contributed by atoms with Crippen molar-refractivity contribution in [3.8, 4) is 0 Å². The van der Waals surface area contributed by atoms with E-state index in [1.807, 2.05) is 0 Å². The summed E-state index contributed by atoms with van der Waals surface area (Å²) >= 11 is -2.76. The van der Waals surface area contributed by atoms with E-state index in [0.717, 1.165) is 27.6 Å². The molecule has 0 spiro atoms. The first kappa shape index (κ1) is 12.6. The SMILES string of the molecule is CCC[As](=O)(CCC)c1ccc(C)cc1. The molecule has 15 heavy (non-hydrogen) atoms. The van der Waals surface area contributed by atoms with Gasteiger partial charge in [-0.25, -0.2) is 0 Å². The van der Waals surface area contributed by atoms with Crippen LogP contribution in [-0.4, -0.2) is 13.5 Å². The Morgan fingerprint density at radius 2 is 1.47 bits per heavy atom. The van der Waals surface area contributed by atoms with Crippen LogP contribution in [0.4, 0.5) is 0 Å². The molecule has 0 amide bonds. The van der Waals surface area contributed by atoms with Crippen LogP contribution >= 0.6 is 0 Å². The quantitative estimate of drug-likeness (QED) is 0.748. The van der Waals surface area contributed by atoms with E-state index >= 15 is 0 Å². The third-order valence-electron chi connectivity index (χ3n) is 2.67. The van der Waals surface area contributed by atoms with Crippen LogP contribution in [0.1, 0.15) is 32.3 Å². The van der Waals surface area contributed by atoms with Gasteiger partial charge >= 0.3 is 95.4 Å². The van der Waals surface area contributed by atoms with Gasteiger partial charge in [0.05, 0.1) is 0 Å². The molecule has 0 fully saturated rings. The van der Waals surface area contributed by atoms with Gasteiger partial charge in [0.1, 0.15) is 0 Å². The molecule has 1 nitrogen and oxygen atoms in total. The van der Waals surface area contributed by atoms with Crippen LogP contribution in [0.2, 0.25) is 10.4 Å². The summed E-state index contributed by atoms with van der Waals surface area (Å²) in [5.74, 6) is 0. The molecule has 0 radical (unpaired) electrons. The molecule has 1 aromatic carbocycles. The average Bonchev–Trinajstić information content (AvgIpc) is 2.19. The van der Waals surface area contributed by atoms with Crippen molar-refractivity contribution in [2.45, 2.75) is 44.0 Å². The molecule has 84 valence electrons. The van der Waals surface area contributed by atoms with Gasteiger partial charge in [-0.05, 0) is 0 Å². The number of hydrogen-bond acceptors (Lipinski definition) is 1. The molecule has 0 bridgehead atoms. The van der Waals surface area contributed by atoms with Gasteiger partial charge in [0.15, 0.2) is 0 Å². The van der Waals surface area contributed by atoms with Gasteiger partial charge in [0.25, 0.3) is 0 Å². The third-order valence-corrected chi connectivity index (χ3v) is 10.2. The summed E-state index contributed by atoms with van der Waals surface area (Å²) < 4.78 is 13.9. The second-order valence-electron chi connectivity index (χ2n) is 4.17. The monoisotopic (exact) mass is 268 g/mol. The molecular weight excluding hydrogens is 247 g/mol. The van der Waals surface area contributed by atoms with E-state index in [0.29, 0.717) is 0 Å². The first-order valence-corrected chi connectivity index (χ1v) is 10.1. The predicted octanol–water partition coefficient (Wildman–Crippen LogP) is 3.40. The molecule has 0 aromatic heterocycles. The summed E-state index contributed by atoms with van der Waals surface area (Å²) in [7, 11) is 0.